The van der Waals surface area contributed by atoms with Gasteiger partial charge in [0, 0.05) is 205 Å². The largest absolute Gasteiger partial charge is 0.573 e. The highest BCUT2D eigenvalue weighted by atomic mass is 35.5. The Bertz CT molecular complexity index is 3030. The van der Waals surface area contributed by atoms with Crippen molar-refractivity contribution in [3.05, 3.63) is 101 Å². The molecule has 4 atom stereocenters. The number of piperidine rings is 4. The molecule has 4 unspecified atom stereocenters. The Morgan fingerprint density at radius 3 is 0.961 bits per heavy atom. The molecule has 0 bridgehead atoms. The number of halogens is 7. The molecular weight excluding hydrogens is 1320 g/mol. The molecule has 16 rings (SSSR count). The Morgan fingerprint density at radius 1 is 0.363 bits per heavy atom. The number of likely N-dealkylation sites (tertiary alicyclic amines) is 4. The first-order valence-corrected chi connectivity index (χ1v) is 40.1. The summed E-state index contributed by atoms with van der Waals surface area (Å²) in [6, 6.07) is 25.7. The van der Waals surface area contributed by atoms with Gasteiger partial charge >= 0.3 is 12.5 Å². The highest BCUT2D eigenvalue weighted by molar-refractivity contribution is 6.30. The zero-order valence-corrected chi connectivity index (χ0v) is 62.4. The number of alkyl halides is 6. The molecule has 0 N–H and O–H groups in total. The summed E-state index contributed by atoms with van der Waals surface area (Å²) in [6.45, 7) is 39.0. The van der Waals surface area contributed by atoms with Gasteiger partial charge in [-0.3, -0.25) is 19.6 Å². The SMILES string of the molecule is CC(C)(C)c1ccc(N2CCN(CC3CCCN(C4CC4)C3)CC2)cc1.Clc1ccc(N2CCN(CC3CCCN(C4CC4)C3)CC2)nc1.FC(F)(F)Oc1ccc(N2CCN(CC3CCCN(C4CC4)C3)CC2)cc1.FC(F)(F)c1ccc(N2CCN(CC3CCCN(C4CC4)C3)CC2)nc1. The van der Waals surface area contributed by atoms with E-state index in [0.717, 1.165) is 157 Å². The lowest BCUT2D eigenvalue weighted by atomic mass is 9.87. The second-order valence-corrected chi connectivity index (χ2v) is 33.6. The molecule has 15 nitrogen and oxygen atoms in total. The van der Waals surface area contributed by atoms with E-state index in [2.05, 4.69) is 119 Å². The van der Waals surface area contributed by atoms with Crippen LogP contribution in [0.25, 0.3) is 0 Å². The minimum Gasteiger partial charge on any atom is -0.406 e. The molecule has 10 heterocycles. The van der Waals surface area contributed by atoms with Crippen molar-refractivity contribution in [2.45, 2.75) is 166 Å². The van der Waals surface area contributed by atoms with E-state index in [1.54, 1.807) is 18.3 Å². The number of hydrogen-bond acceptors (Lipinski definition) is 15. The Balaban J connectivity index is 0.000000122. The molecule has 2 aromatic heterocycles. The third-order valence-electron chi connectivity index (χ3n) is 24.0. The molecule has 564 valence electrons. The first-order chi connectivity index (χ1) is 49.2. The van der Waals surface area contributed by atoms with E-state index >= 15 is 0 Å². The smallest absolute Gasteiger partial charge is 0.406 e. The summed E-state index contributed by atoms with van der Waals surface area (Å²) < 4.78 is 78.7. The summed E-state index contributed by atoms with van der Waals surface area (Å²) in [4.78, 5) is 39.1. The van der Waals surface area contributed by atoms with Crippen molar-refractivity contribution in [1.82, 2.24) is 49.2 Å². The van der Waals surface area contributed by atoms with Gasteiger partial charge in [0.15, 0.2) is 0 Å². The van der Waals surface area contributed by atoms with Gasteiger partial charge in [0.1, 0.15) is 17.4 Å². The minimum atomic E-state index is -4.64. The van der Waals surface area contributed by atoms with Gasteiger partial charge in [-0.1, -0.05) is 44.5 Å². The number of nitrogens with zero attached hydrogens (tertiary/aromatic N) is 14. The zero-order valence-electron chi connectivity index (χ0n) is 61.6. The predicted octanol–water partition coefficient (Wildman–Crippen LogP) is 13.4. The predicted molar refractivity (Wildman–Crippen MR) is 401 cm³/mol. The minimum absolute atomic E-state index is 0.164. The van der Waals surface area contributed by atoms with Crippen molar-refractivity contribution in [2.24, 2.45) is 23.7 Å². The van der Waals surface area contributed by atoms with Gasteiger partial charge in [-0.25, -0.2) is 9.97 Å². The second-order valence-electron chi connectivity index (χ2n) is 33.2. The molecular formula is C80H119ClF6N14O. The van der Waals surface area contributed by atoms with Gasteiger partial charge in [-0.05, 0) is 224 Å². The number of hydrogen-bond donors (Lipinski definition) is 0. The Kier molecular flexibility index (Phi) is 25.8. The van der Waals surface area contributed by atoms with Crippen LogP contribution in [0.1, 0.15) is 135 Å². The van der Waals surface area contributed by atoms with Gasteiger partial charge < -0.3 is 43.9 Å². The number of rotatable bonds is 17. The summed E-state index contributed by atoms with van der Waals surface area (Å²) in [6.07, 6.45) is 16.0. The number of pyridine rings is 2. The van der Waals surface area contributed by atoms with Crippen LogP contribution < -0.4 is 24.3 Å². The summed E-state index contributed by atoms with van der Waals surface area (Å²) >= 11 is 5.93. The molecule has 12 fully saturated rings. The van der Waals surface area contributed by atoms with E-state index in [9.17, 15) is 26.3 Å². The molecule has 0 amide bonds. The lowest BCUT2D eigenvalue weighted by molar-refractivity contribution is -0.274. The second kappa shape index (κ2) is 34.9. The maximum absolute atomic E-state index is 12.7. The van der Waals surface area contributed by atoms with E-state index in [4.69, 9.17) is 11.6 Å². The monoisotopic (exact) mass is 1440 g/mol. The first kappa shape index (κ1) is 75.5. The van der Waals surface area contributed by atoms with Crippen molar-refractivity contribution in [3.63, 3.8) is 0 Å². The van der Waals surface area contributed by atoms with Crippen LogP contribution in [0.15, 0.2) is 85.2 Å². The first-order valence-electron chi connectivity index (χ1n) is 39.7. The Morgan fingerprint density at radius 2 is 0.676 bits per heavy atom. The number of benzene rings is 2. The Hall–Kier alpha value is -4.71. The fraction of sp³-hybridized carbons (Fsp3) is 0.725. The molecule has 2 aromatic carbocycles. The highest BCUT2D eigenvalue weighted by Crippen LogP contribution is 2.37. The van der Waals surface area contributed by atoms with Crippen molar-refractivity contribution >= 4 is 34.6 Å². The van der Waals surface area contributed by atoms with Crippen LogP contribution in [0, 0.1) is 23.7 Å². The van der Waals surface area contributed by atoms with Crippen LogP contribution in [0.3, 0.4) is 0 Å². The van der Waals surface area contributed by atoms with Crippen LogP contribution in [0.2, 0.25) is 5.02 Å². The molecule has 0 spiro atoms. The number of piperazine rings is 4. The van der Waals surface area contributed by atoms with E-state index in [1.807, 2.05) is 12.1 Å². The summed E-state index contributed by atoms with van der Waals surface area (Å²) in [5.41, 5.74) is 3.35. The van der Waals surface area contributed by atoms with E-state index in [1.165, 1.54) is 230 Å². The van der Waals surface area contributed by atoms with Crippen LogP contribution in [-0.2, 0) is 11.6 Å². The molecule has 8 aliphatic heterocycles. The molecule has 8 saturated heterocycles. The van der Waals surface area contributed by atoms with Crippen molar-refractivity contribution in [3.8, 4) is 5.75 Å². The van der Waals surface area contributed by atoms with Gasteiger partial charge in [0.2, 0.25) is 0 Å². The quantitative estimate of drug-likeness (QED) is 0.0941. The third kappa shape index (κ3) is 22.9. The number of ether oxygens (including phenoxy) is 1. The average molecular weight is 1440 g/mol. The van der Waals surface area contributed by atoms with Crippen molar-refractivity contribution in [1.29, 1.82) is 0 Å². The number of anilines is 4. The molecule has 4 saturated carbocycles. The van der Waals surface area contributed by atoms with Crippen LogP contribution in [0.4, 0.5) is 49.4 Å². The number of aromatic nitrogens is 2. The Labute approximate surface area is 611 Å². The van der Waals surface area contributed by atoms with E-state index in [0.29, 0.717) is 10.8 Å². The maximum Gasteiger partial charge on any atom is 0.573 e. The highest BCUT2D eigenvalue weighted by Gasteiger charge is 2.39. The average Bonchev–Trinajstić information content (AvgIpc) is 1.11. The topological polar surface area (TPSA) is 73.9 Å². The molecule has 4 aliphatic carbocycles. The van der Waals surface area contributed by atoms with Gasteiger partial charge in [-0.15, -0.1) is 13.2 Å². The van der Waals surface area contributed by atoms with Crippen molar-refractivity contribution < 1.29 is 31.1 Å². The fourth-order valence-electron chi connectivity index (χ4n) is 17.6. The van der Waals surface area contributed by atoms with E-state index in [-0.39, 0.29) is 11.2 Å². The van der Waals surface area contributed by atoms with Gasteiger partial charge in [0.25, 0.3) is 0 Å². The lowest BCUT2D eigenvalue weighted by Crippen LogP contribution is -2.50. The summed E-state index contributed by atoms with van der Waals surface area (Å²) in [5, 5.41) is 0.713. The molecule has 12 aliphatic rings. The standard InChI is InChI=1S/C23H37N3.C20H28F3N3O.C19H27F3N4.C18H27ClN4/c1-23(2,3)20-6-8-21(9-7-20)25-15-13-24(14-16-25)17-19-5-4-12-26(18-19)22-10-11-22;21-20(22,23)27-19-7-5-17(6-8-19)25-12-10-24(11-13-25)14-16-2-1-9-26(15-16)18-3-4-18;20-19(21,22)16-3-6-18(23-12-16)25-10-8-24(9-11-25)13-15-2-1-7-26(14-15)17-4-5-17;19-16-3-6-18(20-12-16)22-10-8-21(9-11-22)13-15-2-1-7-23(14-15)17-4-5-17/h6-9,19,22H,4-5,10-18H2,1-3H3;5-8,16,18H,1-4,9-15H2;3,6,12,15,17H,1-2,4-5,7-11,13-14H2;3,6,12,15,17H,1-2,4-5,7-11,13-14H2. The summed E-state index contributed by atoms with van der Waals surface area (Å²) in [5.74, 6) is 4.88. The van der Waals surface area contributed by atoms with Gasteiger partial charge in [-0.2, -0.15) is 13.2 Å². The van der Waals surface area contributed by atoms with Crippen molar-refractivity contribution in [2.75, 3.05) is 203 Å². The van der Waals surface area contributed by atoms with Gasteiger partial charge in [0.05, 0.1) is 10.6 Å². The van der Waals surface area contributed by atoms with Crippen LogP contribution in [0.5, 0.6) is 5.75 Å². The van der Waals surface area contributed by atoms with E-state index < -0.39 is 18.1 Å². The molecule has 4 aromatic rings. The molecule has 102 heavy (non-hydrogen) atoms. The third-order valence-corrected chi connectivity index (χ3v) is 24.2. The normalized spacial score (nSPS) is 26.3. The van der Waals surface area contributed by atoms with Crippen LogP contribution in [-0.4, -0.2) is 263 Å². The fourth-order valence-corrected chi connectivity index (χ4v) is 17.7. The zero-order chi connectivity index (χ0) is 70.8. The lowest BCUT2D eigenvalue weighted by Gasteiger charge is -2.40. The molecule has 0 radical (unpaired) electrons. The molecule has 22 heteroatoms. The maximum atomic E-state index is 12.7. The summed E-state index contributed by atoms with van der Waals surface area (Å²) in [7, 11) is 0. The van der Waals surface area contributed by atoms with Crippen LogP contribution >= 0.6 is 11.6 Å².